The number of ether oxygens (including phenoxy) is 2. The highest BCUT2D eigenvalue weighted by molar-refractivity contribution is 4.93. The first-order valence-electron chi connectivity index (χ1n) is 7.84. The van der Waals surface area contributed by atoms with Crippen molar-refractivity contribution in [3.63, 3.8) is 0 Å². The Bertz CT molecular complexity index is 293. The van der Waals surface area contributed by atoms with E-state index in [2.05, 4.69) is 11.9 Å². The predicted molar refractivity (Wildman–Crippen MR) is 75.1 cm³/mol. The van der Waals surface area contributed by atoms with Gasteiger partial charge in [0.2, 0.25) is 0 Å². The summed E-state index contributed by atoms with van der Waals surface area (Å²) in [6.07, 6.45) is 6.94. The molecule has 3 aliphatic rings. The van der Waals surface area contributed by atoms with Gasteiger partial charge in [-0.25, -0.2) is 0 Å². The summed E-state index contributed by atoms with van der Waals surface area (Å²) >= 11 is 0. The van der Waals surface area contributed by atoms with E-state index in [9.17, 15) is 0 Å². The highest BCUT2D eigenvalue weighted by Crippen LogP contribution is 2.36. The molecule has 2 heterocycles. The van der Waals surface area contributed by atoms with Crippen molar-refractivity contribution in [3.8, 4) is 0 Å². The summed E-state index contributed by atoms with van der Waals surface area (Å²) in [6, 6.07) is 1.15. The Labute approximate surface area is 116 Å². The zero-order valence-corrected chi connectivity index (χ0v) is 12.1. The van der Waals surface area contributed by atoms with E-state index in [0.29, 0.717) is 12.1 Å². The van der Waals surface area contributed by atoms with Crippen molar-refractivity contribution in [3.05, 3.63) is 0 Å². The van der Waals surface area contributed by atoms with E-state index in [4.69, 9.17) is 15.2 Å². The van der Waals surface area contributed by atoms with Gasteiger partial charge in [0, 0.05) is 38.4 Å². The van der Waals surface area contributed by atoms with Gasteiger partial charge in [-0.1, -0.05) is 0 Å². The van der Waals surface area contributed by atoms with Crippen LogP contribution < -0.4 is 5.73 Å². The standard InChI is InChI=1S/C15H28N2O2/c1-17(11-12-8-13(16)9-12)14-2-5-19-15(10-14)3-6-18-7-4-15/h12-14H,2-11,16H2,1H3. The fourth-order valence-corrected chi connectivity index (χ4v) is 3.96. The van der Waals surface area contributed by atoms with Crippen LogP contribution in [-0.4, -0.2) is 56.0 Å². The van der Waals surface area contributed by atoms with Gasteiger partial charge >= 0.3 is 0 Å². The van der Waals surface area contributed by atoms with Crippen LogP contribution in [0.4, 0.5) is 0 Å². The minimum Gasteiger partial charge on any atom is -0.381 e. The second kappa shape index (κ2) is 5.68. The summed E-state index contributed by atoms with van der Waals surface area (Å²) in [7, 11) is 2.28. The number of nitrogens with zero attached hydrogens (tertiary/aromatic N) is 1. The molecule has 0 aromatic heterocycles. The van der Waals surface area contributed by atoms with Gasteiger partial charge in [0.05, 0.1) is 5.60 Å². The summed E-state index contributed by atoms with van der Waals surface area (Å²) in [5.74, 6) is 0.827. The SMILES string of the molecule is CN(CC1CC(N)C1)C1CCOC2(CCOCC2)C1. The molecule has 2 aliphatic heterocycles. The Hall–Kier alpha value is -0.160. The zero-order valence-electron chi connectivity index (χ0n) is 12.1. The van der Waals surface area contributed by atoms with Crippen molar-refractivity contribution in [2.45, 2.75) is 56.2 Å². The lowest BCUT2D eigenvalue weighted by molar-refractivity contribution is -0.150. The van der Waals surface area contributed by atoms with Crippen molar-refractivity contribution in [2.75, 3.05) is 33.4 Å². The molecule has 110 valence electrons. The molecule has 1 atom stereocenters. The average Bonchev–Trinajstić information content (AvgIpc) is 2.38. The first-order chi connectivity index (χ1) is 9.17. The van der Waals surface area contributed by atoms with Crippen LogP contribution in [0.15, 0.2) is 0 Å². The lowest BCUT2D eigenvalue weighted by Crippen LogP contribution is -2.52. The molecule has 3 fully saturated rings. The molecule has 0 aromatic rings. The molecule has 0 amide bonds. The molecule has 1 saturated carbocycles. The maximum absolute atomic E-state index is 6.12. The van der Waals surface area contributed by atoms with E-state index in [1.807, 2.05) is 0 Å². The summed E-state index contributed by atoms with van der Waals surface area (Å²) in [5.41, 5.74) is 6.00. The maximum Gasteiger partial charge on any atom is 0.0741 e. The van der Waals surface area contributed by atoms with Gasteiger partial charge < -0.3 is 20.1 Å². The summed E-state index contributed by atoms with van der Waals surface area (Å²) in [5, 5.41) is 0. The topological polar surface area (TPSA) is 47.7 Å². The smallest absolute Gasteiger partial charge is 0.0741 e. The Kier molecular flexibility index (Phi) is 4.13. The normalized spacial score (nSPS) is 38.4. The van der Waals surface area contributed by atoms with Crippen molar-refractivity contribution in [1.82, 2.24) is 4.90 Å². The van der Waals surface area contributed by atoms with Gasteiger partial charge in [-0.15, -0.1) is 0 Å². The molecule has 4 nitrogen and oxygen atoms in total. The fraction of sp³-hybridized carbons (Fsp3) is 1.00. The number of hydrogen-bond acceptors (Lipinski definition) is 4. The zero-order chi connectivity index (χ0) is 13.3. The first-order valence-corrected chi connectivity index (χ1v) is 7.84. The molecule has 0 radical (unpaired) electrons. The van der Waals surface area contributed by atoms with Gasteiger partial charge in [-0.2, -0.15) is 0 Å². The van der Waals surface area contributed by atoms with E-state index >= 15 is 0 Å². The summed E-state index contributed by atoms with van der Waals surface area (Å²) in [6.45, 7) is 3.87. The lowest BCUT2D eigenvalue weighted by atomic mass is 9.79. The average molecular weight is 268 g/mol. The monoisotopic (exact) mass is 268 g/mol. The molecule has 1 unspecified atom stereocenters. The molecule has 0 aromatic carbocycles. The van der Waals surface area contributed by atoms with Crippen LogP contribution in [0.2, 0.25) is 0 Å². The third kappa shape index (κ3) is 3.13. The number of rotatable bonds is 3. The van der Waals surface area contributed by atoms with Crippen LogP contribution in [0.5, 0.6) is 0 Å². The lowest BCUT2D eigenvalue weighted by Gasteiger charge is -2.47. The van der Waals surface area contributed by atoms with Crippen LogP contribution in [0.25, 0.3) is 0 Å². The number of hydrogen-bond donors (Lipinski definition) is 1. The molecule has 4 heteroatoms. The predicted octanol–water partition coefficient (Wildman–Crippen LogP) is 1.38. The third-order valence-corrected chi connectivity index (χ3v) is 5.31. The van der Waals surface area contributed by atoms with E-state index in [1.54, 1.807) is 0 Å². The van der Waals surface area contributed by atoms with E-state index in [-0.39, 0.29) is 5.60 Å². The minimum atomic E-state index is 0.117. The first kappa shape index (κ1) is 13.8. The minimum absolute atomic E-state index is 0.117. The van der Waals surface area contributed by atoms with Gasteiger partial charge in [-0.3, -0.25) is 0 Å². The summed E-state index contributed by atoms with van der Waals surface area (Å²) in [4.78, 5) is 2.57. The van der Waals surface area contributed by atoms with Crippen molar-refractivity contribution in [1.29, 1.82) is 0 Å². The molecule has 2 N–H and O–H groups in total. The van der Waals surface area contributed by atoms with Crippen LogP contribution in [0.3, 0.4) is 0 Å². The van der Waals surface area contributed by atoms with Gasteiger partial charge in [0.25, 0.3) is 0 Å². The molecule has 2 saturated heterocycles. The summed E-state index contributed by atoms with van der Waals surface area (Å²) < 4.78 is 11.6. The maximum atomic E-state index is 6.12. The van der Waals surface area contributed by atoms with E-state index in [1.165, 1.54) is 32.2 Å². The Balaban J connectivity index is 1.52. The van der Waals surface area contributed by atoms with Crippen LogP contribution in [0, 0.1) is 5.92 Å². The highest BCUT2D eigenvalue weighted by atomic mass is 16.5. The van der Waals surface area contributed by atoms with Crippen molar-refractivity contribution in [2.24, 2.45) is 11.7 Å². The molecule has 0 bridgehead atoms. The number of nitrogens with two attached hydrogens (primary N) is 1. The highest BCUT2D eigenvalue weighted by Gasteiger charge is 2.40. The van der Waals surface area contributed by atoms with Crippen LogP contribution >= 0.6 is 0 Å². The van der Waals surface area contributed by atoms with Crippen LogP contribution in [-0.2, 0) is 9.47 Å². The van der Waals surface area contributed by atoms with Crippen molar-refractivity contribution >= 4 is 0 Å². The quantitative estimate of drug-likeness (QED) is 0.840. The molecule has 19 heavy (non-hydrogen) atoms. The van der Waals surface area contributed by atoms with E-state index < -0.39 is 0 Å². The second-order valence-corrected chi connectivity index (χ2v) is 6.83. The Morgan fingerprint density at radius 3 is 2.63 bits per heavy atom. The molecule has 1 spiro atoms. The van der Waals surface area contributed by atoms with Crippen LogP contribution in [0.1, 0.15) is 38.5 Å². The molecule has 3 rings (SSSR count). The second-order valence-electron chi connectivity index (χ2n) is 6.83. The fourth-order valence-electron chi connectivity index (χ4n) is 3.96. The Morgan fingerprint density at radius 1 is 1.21 bits per heavy atom. The van der Waals surface area contributed by atoms with Gasteiger partial charge in [-0.05, 0) is 51.5 Å². The molecular formula is C15H28N2O2. The molecular weight excluding hydrogens is 240 g/mol. The van der Waals surface area contributed by atoms with Gasteiger partial charge in [0.15, 0.2) is 0 Å². The van der Waals surface area contributed by atoms with Gasteiger partial charge in [0.1, 0.15) is 0 Å². The van der Waals surface area contributed by atoms with Crippen molar-refractivity contribution < 1.29 is 9.47 Å². The van der Waals surface area contributed by atoms with E-state index in [0.717, 1.165) is 38.6 Å². The molecule has 1 aliphatic carbocycles. The largest absolute Gasteiger partial charge is 0.381 e. The Morgan fingerprint density at radius 2 is 1.95 bits per heavy atom. The third-order valence-electron chi connectivity index (χ3n) is 5.31.